The Morgan fingerprint density at radius 1 is 1.37 bits per heavy atom. The molecule has 1 unspecified atom stereocenters. The molecule has 1 saturated heterocycles. The maximum absolute atomic E-state index is 12.1. The van der Waals surface area contributed by atoms with Gasteiger partial charge in [0.05, 0.1) is 19.1 Å². The molecule has 0 amide bonds. The van der Waals surface area contributed by atoms with Crippen molar-refractivity contribution in [3.8, 4) is 0 Å². The molecule has 152 valence electrons. The Labute approximate surface area is 180 Å². The number of guanidine groups is 1. The Kier molecular flexibility index (Phi) is 10.5. The van der Waals surface area contributed by atoms with Gasteiger partial charge in [-0.05, 0) is 44.4 Å². The van der Waals surface area contributed by atoms with Gasteiger partial charge in [0, 0.05) is 39.4 Å². The maximum atomic E-state index is 12.1. The fourth-order valence-corrected chi connectivity index (χ4v) is 3.15. The van der Waals surface area contributed by atoms with Gasteiger partial charge in [0.2, 0.25) is 0 Å². The van der Waals surface area contributed by atoms with Crippen molar-refractivity contribution in [3.05, 3.63) is 29.8 Å². The topological polar surface area (TPSA) is 57.2 Å². The number of halogens is 1. The van der Waals surface area contributed by atoms with Gasteiger partial charge >= 0.3 is 5.97 Å². The highest BCUT2D eigenvalue weighted by molar-refractivity contribution is 14.0. The number of hydrogen-bond donors (Lipinski definition) is 1. The zero-order valence-electron chi connectivity index (χ0n) is 16.9. The molecule has 27 heavy (non-hydrogen) atoms. The van der Waals surface area contributed by atoms with Crippen molar-refractivity contribution in [1.29, 1.82) is 0 Å². The van der Waals surface area contributed by atoms with Crippen LogP contribution in [0.15, 0.2) is 29.3 Å². The van der Waals surface area contributed by atoms with Crippen LogP contribution in [0, 0.1) is 5.92 Å². The molecule has 1 fully saturated rings. The molecule has 7 heteroatoms. The lowest BCUT2D eigenvalue weighted by molar-refractivity contribution is -0.149. The number of likely N-dealkylation sites (tertiary alicyclic amines) is 1. The first-order chi connectivity index (χ1) is 12.5. The fraction of sp³-hybridized carbons (Fsp3) is 0.600. The molecule has 1 aliphatic heterocycles. The molecule has 1 N–H and O–H groups in total. The third kappa shape index (κ3) is 7.20. The first kappa shape index (κ1) is 23.5. The molecule has 0 aromatic heterocycles. The predicted octanol–water partition coefficient (Wildman–Crippen LogP) is 3.11. The number of ether oxygens (including phenoxy) is 1. The summed E-state index contributed by atoms with van der Waals surface area (Å²) in [6.45, 7) is 7.36. The SMILES string of the molecule is CCNC(=NCc1cccc(N(C)C)c1)N1CCCC(C(=O)OCC)C1.I. The number of nitrogens with one attached hydrogen (secondary N) is 1. The van der Waals surface area contributed by atoms with Crippen LogP contribution >= 0.6 is 24.0 Å². The number of hydrogen-bond acceptors (Lipinski definition) is 4. The second-order valence-corrected chi connectivity index (χ2v) is 6.77. The van der Waals surface area contributed by atoms with Gasteiger partial charge in [0.25, 0.3) is 0 Å². The van der Waals surface area contributed by atoms with E-state index in [1.165, 1.54) is 11.3 Å². The molecule has 0 aliphatic carbocycles. The van der Waals surface area contributed by atoms with Crippen molar-refractivity contribution < 1.29 is 9.53 Å². The first-order valence-corrected chi connectivity index (χ1v) is 9.51. The van der Waals surface area contributed by atoms with Gasteiger partial charge in [-0.25, -0.2) is 4.99 Å². The normalized spacial score (nSPS) is 17.1. The molecule has 1 aromatic rings. The van der Waals surface area contributed by atoms with Gasteiger partial charge in [0.1, 0.15) is 0 Å². The van der Waals surface area contributed by atoms with Gasteiger partial charge in [-0.1, -0.05) is 12.1 Å². The molecule has 1 heterocycles. The van der Waals surface area contributed by atoms with E-state index >= 15 is 0 Å². The van der Waals surface area contributed by atoms with E-state index in [1.54, 1.807) is 0 Å². The van der Waals surface area contributed by atoms with Crippen LogP contribution in [0.3, 0.4) is 0 Å². The van der Waals surface area contributed by atoms with Crippen molar-refractivity contribution in [2.75, 3.05) is 45.2 Å². The summed E-state index contributed by atoms with van der Waals surface area (Å²) in [5.41, 5.74) is 2.34. The zero-order chi connectivity index (χ0) is 18.9. The van der Waals surface area contributed by atoms with Crippen molar-refractivity contribution in [1.82, 2.24) is 10.2 Å². The minimum Gasteiger partial charge on any atom is -0.466 e. The number of rotatable bonds is 6. The van der Waals surface area contributed by atoms with Crippen molar-refractivity contribution in [3.63, 3.8) is 0 Å². The van der Waals surface area contributed by atoms with Crippen LogP contribution in [0.5, 0.6) is 0 Å². The lowest BCUT2D eigenvalue weighted by Gasteiger charge is -2.34. The van der Waals surface area contributed by atoms with Gasteiger partial charge in [0.15, 0.2) is 5.96 Å². The van der Waals surface area contributed by atoms with Crippen LogP contribution in [-0.2, 0) is 16.1 Å². The van der Waals surface area contributed by atoms with Crippen LogP contribution in [0.1, 0.15) is 32.3 Å². The molecular weight excluding hydrogens is 455 g/mol. The highest BCUT2D eigenvalue weighted by atomic mass is 127. The lowest BCUT2D eigenvalue weighted by Crippen LogP contribution is -2.48. The van der Waals surface area contributed by atoms with Crippen LogP contribution in [0.2, 0.25) is 0 Å². The number of esters is 1. The van der Waals surface area contributed by atoms with Crippen LogP contribution < -0.4 is 10.2 Å². The van der Waals surface area contributed by atoms with Crippen LogP contribution in [-0.4, -0.2) is 57.2 Å². The Hall–Kier alpha value is -1.51. The molecule has 0 saturated carbocycles. The Bertz CT molecular complexity index is 622. The Morgan fingerprint density at radius 2 is 2.15 bits per heavy atom. The second kappa shape index (κ2) is 12.0. The largest absolute Gasteiger partial charge is 0.466 e. The van der Waals surface area contributed by atoms with E-state index < -0.39 is 0 Å². The molecule has 0 radical (unpaired) electrons. The van der Waals surface area contributed by atoms with E-state index in [0.717, 1.165) is 31.9 Å². The number of piperidine rings is 1. The minimum absolute atomic E-state index is 0. The number of aliphatic imine (C=N–C) groups is 1. The molecular formula is C20H33IN4O2. The number of carbonyl (C=O) groups is 1. The zero-order valence-corrected chi connectivity index (χ0v) is 19.2. The van der Waals surface area contributed by atoms with Crippen LogP contribution in [0.4, 0.5) is 5.69 Å². The highest BCUT2D eigenvalue weighted by Crippen LogP contribution is 2.19. The standard InChI is InChI=1S/C20H32N4O2.HI/c1-5-21-20(22-14-16-9-7-11-18(13-16)23(3)4)24-12-8-10-17(15-24)19(25)26-6-2;/h7,9,11,13,17H,5-6,8,10,12,14-15H2,1-4H3,(H,21,22);1H. The summed E-state index contributed by atoms with van der Waals surface area (Å²) >= 11 is 0. The van der Waals surface area contributed by atoms with E-state index in [9.17, 15) is 4.79 Å². The number of anilines is 1. The molecule has 2 rings (SSSR count). The fourth-order valence-electron chi connectivity index (χ4n) is 3.15. The summed E-state index contributed by atoms with van der Waals surface area (Å²) in [6, 6.07) is 8.40. The van der Waals surface area contributed by atoms with Crippen LogP contribution in [0.25, 0.3) is 0 Å². The monoisotopic (exact) mass is 488 g/mol. The second-order valence-electron chi connectivity index (χ2n) is 6.77. The number of nitrogens with zero attached hydrogens (tertiary/aromatic N) is 3. The summed E-state index contributed by atoms with van der Waals surface area (Å²) in [7, 11) is 4.07. The average molecular weight is 488 g/mol. The lowest BCUT2D eigenvalue weighted by atomic mass is 9.98. The molecule has 0 spiro atoms. The Balaban J connectivity index is 0.00000364. The average Bonchev–Trinajstić information content (AvgIpc) is 2.65. The third-order valence-electron chi connectivity index (χ3n) is 4.51. The summed E-state index contributed by atoms with van der Waals surface area (Å²) in [5.74, 6) is 0.716. The van der Waals surface area contributed by atoms with Crippen molar-refractivity contribution in [2.45, 2.75) is 33.2 Å². The first-order valence-electron chi connectivity index (χ1n) is 9.51. The molecule has 6 nitrogen and oxygen atoms in total. The summed E-state index contributed by atoms with van der Waals surface area (Å²) in [5, 5.41) is 3.36. The van der Waals surface area contributed by atoms with E-state index in [2.05, 4.69) is 46.3 Å². The summed E-state index contributed by atoms with van der Waals surface area (Å²) < 4.78 is 5.20. The third-order valence-corrected chi connectivity index (χ3v) is 4.51. The van der Waals surface area contributed by atoms with Crippen molar-refractivity contribution in [2.24, 2.45) is 10.9 Å². The smallest absolute Gasteiger partial charge is 0.310 e. The van der Waals surface area contributed by atoms with E-state index in [-0.39, 0.29) is 35.9 Å². The summed E-state index contributed by atoms with van der Waals surface area (Å²) in [4.78, 5) is 21.2. The van der Waals surface area contributed by atoms with Gasteiger partial charge in [-0.3, -0.25) is 4.79 Å². The molecule has 1 aromatic carbocycles. The van der Waals surface area contributed by atoms with E-state index in [4.69, 9.17) is 9.73 Å². The van der Waals surface area contributed by atoms with Gasteiger partial charge in [-0.15, -0.1) is 24.0 Å². The van der Waals surface area contributed by atoms with Gasteiger partial charge in [-0.2, -0.15) is 0 Å². The molecule has 0 bridgehead atoms. The highest BCUT2D eigenvalue weighted by Gasteiger charge is 2.28. The minimum atomic E-state index is -0.0910. The predicted molar refractivity (Wildman–Crippen MR) is 122 cm³/mol. The molecule has 1 atom stereocenters. The van der Waals surface area contributed by atoms with Gasteiger partial charge < -0.3 is 19.9 Å². The quantitative estimate of drug-likeness (QED) is 0.289. The van der Waals surface area contributed by atoms with E-state index in [1.807, 2.05) is 21.0 Å². The van der Waals surface area contributed by atoms with E-state index in [0.29, 0.717) is 19.7 Å². The molecule has 1 aliphatic rings. The Morgan fingerprint density at radius 3 is 2.81 bits per heavy atom. The number of benzene rings is 1. The van der Waals surface area contributed by atoms with Crippen molar-refractivity contribution >= 4 is 41.6 Å². The summed E-state index contributed by atoms with van der Waals surface area (Å²) in [6.07, 6.45) is 1.86. The number of carbonyl (C=O) groups excluding carboxylic acids is 1. The maximum Gasteiger partial charge on any atom is 0.310 e.